The molecule has 2 heterocycles. The highest BCUT2D eigenvalue weighted by Crippen LogP contribution is 2.30. The zero-order chi connectivity index (χ0) is 14.2. The van der Waals surface area contributed by atoms with Crippen molar-refractivity contribution in [3.8, 4) is 0 Å². The third kappa shape index (κ3) is 3.52. The van der Waals surface area contributed by atoms with Crippen LogP contribution in [0.5, 0.6) is 0 Å². The Morgan fingerprint density at radius 3 is 2.62 bits per heavy atom. The molecule has 0 aliphatic carbocycles. The van der Waals surface area contributed by atoms with Crippen LogP contribution in [0.1, 0.15) is 24.3 Å². The van der Waals surface area contributed by atoms with Crippen molar-refractivity contribution >= 4 is 18.3 Å². The Balaban J connectivity index is 0.00000161. The van der Waals surface area contributed by atoms with E-state index in [1.807, 2.05) is 18.2 Å². The number of benzene rings is 1. The van der Waals surface area contributed by atoms with Gasteiger partial charge < -0.3 is 4.90 Å². The van der Waals surface area contributed by atoms with Crippen molar-refractivity contribution in [2.24, 2.45) is 0 Å². The highest BCUT2D eigenvalue weighted by atomic mass is 35.5. The molecule has 0 spiro atoms. The third-order valence-corrected chi connectivity index (χ3v) is 4.18. The number of nitrogens with zero attached hydrogens (tertiary/aromatic N) is 1. The van der Waals surface area contributed by atoms with Crippen LogP contribution in [0.15, 0.2) is 30.3 Å². The summed E-state index contributed by atoms with van der Waals surface area (Å²) in [4.78, 5) is 14.0. The molecule has 116 valence electrons. The van der Waals surface area contributed by atoms with E-state index in [0.29, 0.717) is 19.0 Å². The van der Waals surface area contributed by atoms with Gasteiger partial charge in [-0.2, -0.15) is 0 Å². The lowest BCUT2D eigenvalue weighted by Crippen LogP contribution is -2.42. The van der Waals surface area contributed by atoms with Crippen molar-refractivity contribution in [1.82, 2.24) is 10.2 Å². The number of halogens is 3. The number of amides is 1. The third-order valence-electron chi connectivity index (χ3n) is 4.18. The minimum Gasteiger partial charge on any atom is -0.341 e. The largest absolute Gasteiger partial charge is 0.341 e. The SMILES string of the molecule is Cl.O=C(C1CC(F)(F)CN1)N1CCC(c2ccccc2)C1. The molecule has 1 N–H and O–H groups in total. The van der Waals surface area contributed by atoms with Gasteiger partial charge in [-0.05, 0) is 12.0 Å². The van der Waals surface area contributed by atoms with Gasteiger partial charge in [-0.3, -0.25) is 10.1 Å². The maximum Gasteiger partial charge on any atom is 0.262 e. The quantitative estimate of drug-likeness (QED) is 0.909. The summed E-state index contributed by atoms with van der Waals surface area (Å²) < 4.78 is 26.3. The van der Waals surface area contributed by atoms with Gasteiger partial charge in [0, 0.05) is 25.4 Å². The second-order valence-corrected chi connectivity index (χ2v) is 5.67. The fourth-order valence-corrected chi connectivity index (χ4v) is 3.07. The molecule has 21 heavy (non-hydrogen) atoms. The van der Waals surface area contributed by atoms with Crippen LogP contribution in [0.4, 0.5) is 8.78 Å². The Labute approximate surface area is 129 Å². The van der Waals surface area contributed by atoms with E-state index in [9.17, 15) is 13.6 Å². The molecule has 1 aromatic rings. The van der Waals surface area contributed by atoms with E-state index in [-0.39, 0.29) is 31.3 Å². The molecule has 0 bridgehead atoms. The second-order valence-electron chi connectivity index (χ2n) is 5.67. The lowest BCUT2D eigenvalue weighted by Gasteiger charge is -2.20. The minimum atomic E-state index is -2.75. The van der Waals surface area contributed by atoms with Gasteiger partial charge in [-0.15, -0.1) is 12.4 Å². The first kappa shape index (κ1) is 16.2. The average Bonchev–Trinajstić information content (AvgIpc) is 3.05. The zero-order valence-electron chi connectivity index (χ0n) is 11.6. The summed E-state index contributed by atoms with van der Waals surface area (Å²) in [5, 5.41) is 2.64. The molecule has 3 rings (SSSR count). The summed E-state index contributed by atoms with van der Waals surface area (Å²) in [6.45, 7) is 0.897. The van der Waals surface area contributed by atoms with Gasteiger partial charge in [0.05, 0.1) is 12.6 Å². The van der Waals surface area contributed by atoms with Gasteiger partial charge in [0.15, 0.2) is 0 Å². The van der Waals surface area contributed by atoms with Crippen LogP contribution in [0.3, 0.4) is 0 Å². The van der Waals surface area contributed by atoms with Gasteiger partial charge in [0.2, 0.25) is 5.91 Å². The Bertz CT molecular complexity index is 498. The number of hydrogen-bond donors (Lipinski definition) is 1. The standard InChI is InChI=1S/C15H18F2N2O.ClH/c16-15(17)8-13(18-10-15)14(20)19-7-6-12(9-19)11-4-2-1-3-5-11;/h1-5,12-13,18H,6-10H2;1H. The van der Waals surface area contributed by atoms with Crippen LogP contribution in [0, 0.1) is 0 Å². The molecule has 2 fully saturated rings. The lowest BCUT2D eigenvalue weighted by molar-refractivity contribution is -0.132. The molecule has 2 saturated heterocycles. The first-order valence-electron chi connectivity index (χ1n) is 7.00. The molecule has 2 unspecified atom stereocenters. The Morgan fingerprint density at radius 1 is 1.29 bits per heavy atom. The van der Waals surface area contributed by atoms with E-state index in [2.05, 4.69) is 17.4 Å². The van der Waals surface area contributed by atoms with Crippen LogP contribution in [0.2, 0.25) is 0 Å². The second kappa shape index (κ2) is 6.28. The predicted molar refractivity (Wildman–Crippen MR) is 79.0 cm³/mol. The van der Waals surface area contributed by atoms with Crippen LogP contribution in [0.25, 0.3) is 0 Å². The minimum absolute atomic E-state index is 0. The fraction of sp³-hybridized carbons (Fsp3) is 0.533. The van der Waals surface area contributed by atoms with Gasteiger partial charge in [0.25, 0.3) is 5.92 Å². The molecule has 2 aliphatic heterocycles. The van der Waals surface area contributed by atoms with Gasteiger partial charge >= 0.3 is 0 Å². The molecule has 0 aromatic heterocycles. The van der Waals surface area contributed by atoms with E-state index in [1.165, 1.54) is 5.56 Å². The number of carbonyl (C=O) groups is 1. The van der Waals surface area contributed by atoms with Crippen LogP contribution >= 0.6 is 12.4 Å². The van der Waals surface area contributed by atoms with Gasteiger partial charge in [0.1, 0.15) is 0 Å². The monoisotopic (exact) mass is 316 g/mol. The van der Waals surface area contributed by atoms with Gasteiger partial charge in [-0.1, -0.05) is 30.3 Å². The van der Waals surface area contributed by atoms with Crippen LogP contribution < -0.4 is 5.32 Å². The molecule has 2 aliphatic rings. The molecule has 0 radical (unpaired) electrons. The average molecular weight is 317 g/mol. The molecule has 1 aromatic carbocycles. The number of likely N-dealkylation sites (tertiary alicyclic amines) is 1. The molecular weight excluding hydrogens is 298 g/mol. The molecule has 3 nitrogen and oxygen atoms in total. The first-order chi connectivity index (χ1) is 9.55. The summed E-state index contributed by atoms with van der Waals surface area (Å²) >= 11 is 0. The number of hydrogen-bond acceptors (Lipinski definition) is 2. The Hall–Kier alpha value is -1.20. The normalized spacial score (nSPS) is 27.4. The van der Waals surface area contributed by atoms with E-state index in [0.717, 1.165) is 6.42 Å². The van der Waals surface area contributed by atoms with Crippen molar-refractivity contribution in [3.63, 3.8) is 0 Å². The molecule has 6 heteroatoms. The number of rotatable bonds is 2. The topological polar surface area (TPSA) is 32.3 Å². The highest BCUT2D eigenvalue weighted by molar-refractivity contribution is 5.85. The Morgan fingerprint density at radius 2 is 2.00 bits per heavy atom. The summed E-state index contributed by atoms with van der Waals surface area (Å²) in [5.41, 5.74) is 1.22. The van der Waals surface area contributed by atoms with E-state index in [4.69, 9.17) is 0 Å². The number of alkyl halides is 2. The van der Waals surface area contributed by atoms with E-state index in [1.54, 1.807) is 4.90 Å². The highest BCUT2D eigenvalue weighted by Gasteiger charge is 2.44. The number of carbonyl (C=O) groups excluding carboxylic acids is 1. The summed E-state index contributed by atoms with van der Waals surface area (Å²) in [7, 11) is 0. The molecule has 0 saturated carbocycles. The van der Waals surface area contributed by atoms with Gasteiger partial charge in [-0.25, -0.2) is 8.78 Å². The van der Waals surface area contributed by atoms with Crippen molar-refractivity contribution in [3.05, 3.63) is 35.9 Å². The smallest absolute Gasteiger partial charge is 0.262 e. The zero-order valence-corrected chi connectivity index (χ0v) is 12.4. The van der Waals surface area contributed by atoms with Crippen molar-refractivity contribution in [2.75, 3.05) is 19.6 Å². The first-order valence-corrected chi connectivity index (χ1v) is 7.00. The summed E-state index contributed by atoms with van der Waals surface area (Å²) in [6, 6.07) is 9.32. The fourth-order valence-electron chi connectivity index (χ4n) is 3.07. The predicted octanol–water partition coefficient (Wildman–Crippen LogP) is 2.42. The van der Waals surface area contributed by atoms with E-state index >= 15 is 0 Å². The number of nitrogens with one attached hydrogen (secondary N) is 1. The molecule has 2 atom stereocenters. The van der Waals surface area contributed by atoms with Crippen LogP contribution in [-0.4, -0.2) is 42.4 Å². The molecule has 1 amide bonds. The lowest BCUT2D eigenvalue weighted by atomic mass is 9.99. The maximum atomic E-state index is 13.2. The van der Waals surface area contributed by atoms with Crippen molar-refractivity contribution in [2.45, 2.75) is 30.7 Å². The summed E-state index contributed by atoms with van der Waals surface area (Å²) in [6.07, 6.45) is 0.525. The maximum absolute atomic E-state index is 13.2. The van der Waals surface area contributed by atoms with Crippen molar-refractivity contribution < 1.29 is 13.6 Å². The Kier molecular flexibility index (Phi) is 4.84. The molecular formula is C15H19ClF2N2O. The summed E-state index contributed by atoms with van der Waals surface area (Å²) in [5.74, 6) is -2.61. The van der Waals surface area contributed by atoms with Crippen molar-refractivity contribution in [1.29, 1.82) is 0 Å². The van der Waals surface area contributed by atoms with E-state index < -0.39 is 12.0 Å². The van der Waals surface area contributed by atoms with Crippen LogP contribution in [-0.2, 0) is 4.79 Å².